The minimum atomic E-state index is -1.40. The van der Waals surface area contributed by atoms with Crippen LogP contribution in [0.15, 0.2) is 22.7 Å². The van der Waals surface area contributed by atoms with Crippen molar-refractivity contribution in [3.8, 4) is 5.75 Å². The van der Waals surface area contributed by atoms with Gasteiger partial charge in [-0.2, -0.15) is 0 Å². The van der Waals surface area contributed by atoms with Gasteiger partial charge in [-0.15, -0.1) is 0 Å². The molecule has 0 aromatic heterocycles. The van der Waals surface area contributed by atoms with E-state index in [9.17, 15) is 14.7 Å². The molecule has 0 spiro atoms. The molecule has 0 aliphatic heterocycles. The first-order valence-electron chi connectivity index (χ1n) is 4.58. The van der Waals surface area contributed by atoms with Crippen molar-refractivity contribution in [2.24, 2.45) is 0 Å². The number of aliphatic hydroxyl groups excluding tert-OH is 1. The average molecular weight is 304 g/mol. The zero-order valence-corrected chi connectivity index (χ0v) is 10.1. The van der Waals surface area contributed by atoms with Crippen molar-refractivity contribution >= 4 is 27.8 Å². The second kappa shape index (κ2) is 5.65. The SMILES string of the molecule is O=C(N[C@@H](CO)C(=O)O)c1cc(Br)ccc1O. The maximum atomic E-state index is 11.6. The number of amides is 1. The highest BCUT2D eigenvalue weighted by Gasteiger charge is 2.21. The molecule has 1 amide bonds. The van der Waals surface area contributed by atoms with Crippen LogP contribution in [0.3, 0.4) is 0 Å². The van der Waals surface area contributed by atoms with Crippen molar-refractivity contribution in [3.63, 3.8) is 0 Å². The first kappa shape index (κ1) is 13.5. The molecule has 1 atom stereocenters. The normalized spacial score (nSPS) is 11.9. The molecule has 0 aliphatic carbocycles. The van der Waals surface area contributed by atoms with Crippen molar-refractivity contribution in [1.82, 2.24) is 5.32 Å². The van der Waals surface area contributed by atoms with Gasteiger partial charge in [-0.05, 0) is 18.2 Å². The molecule has 1 aromatic carbocycles. The number of phenolic OH excluding ortho intramolecular Hbond substituents is 1. The number of aromatic hydroxyl groups is 1. The van der Waals surface area contributed by atoms with Gasteiger partial charge in [0, 0.05) is 4.47 Å². The lowest BCUT2D eigenvalue weighted by atomic mass is 10.1. The number of halogens is 1. The van der Waals surface area contributed by atoms with Gasteiger partial charge in [0.2, 0.25) is 0 Å². The first-order chi connectivity index (χ1) is 7.95. The lowest BCUT2D eigenvalue weighted by Gasteiger charge is -2.12. The summed E-state index contributed by atoms with van der Waals surface area (Å²) in [5.74, 6) is -2.40. The lowest BCUT2D eigenvalue weighted by molar-refractivity contribution is -0.140. The molecule has 6 nitrogen and oxygen atoms in total. The first-order valence-corrected chi connectivity index (χ1v) is 5.38. The minimum absolute atomic E-state index is 0.0703. The molecule has 0 saturated carbocycles. The molecule has 1 aromatic rings. The fourth-order valence-corrected chi connectivity index (χ4v) is 1.47. The number of phenols is 1. The summed E-state index contributed by atoms with van der Waals surface area (Å²) in [6.45, 7) is -0.726. The molecule has 17 heavy (non-hydrogen) atoms. The summed E-state index contributed by atoms with van der Waals surface area (Å²) in [5.41, 5.74) is -0.0703. The fraction of sp³-hybridized carbons (Fsp3) is 0.200. The zero-order chi connectivity index (χ0) is 13.0. The van der Waals surface area contributed by atoms with Gasteiger partial charge in [0.15, 0.2) is 6.04 Å². The van der Waals surface area contributed by atoms with Crippen LogP contribution in [0.1, 0.15) is 10.4 Å². The Kier molecular flexibility index (Phi) is 4.47. The van der Waals surface area contributed by atoms with E-state index >= 15 is 0 Å². The van der Waals surface area contributed by atoms with Crippen LogP contribution in [0.5, 0.6) is 5.75 Å². The third-order valence-corrected chi connectivity index (χ3v) is 2.48. The minimum Gasteiger partial charge on any atom is -0.507 e. The molecule has 0 aliphatic rings. The Morgan fingerprint density at radius 1 is 1.41 bits per heavy atom. The number of aliphatic carboxylic acids is 1. The molecule has 0 heterocycles. The lowest BCUT2D eigenvalue weighted by Crippen LogP contribution is -2.43. The van der Waals surface area contributed by atoms with Crippen molar-refractivity contribution in [3.05, 3.63) is 28.2 Å². The number of carbonyl (C=O) groups is 2. The highest BCUT2D eigenvalue weighted by atomic mass is 79.9. The van der Waals surface area contributed by atoms with Crippen LogP contribution < -0.4 is 5.32 Å². The molecule has 0 radical (unpaired) electrons. The van der Waals surface area contributed by atoms with Crippen molar-refractivity contribution < 1.29 is 24.9 Å². The van der Waals surface area contributed by atoms with Crippen LogP contribution in [0.2, 0.25) is 0 Å². The largest absolute Gasteiger partial charge is 0.507 e. The quantitative estimate of drug-likeness (QED) is 0.641. The Hall–Kier alpha value is -1.60. The molecule has 92 valence electrons. The van der Waals surface area contributed by atoms with Crippen LogP contribution in [0, 0.1) is 0 Å². The maximum Gasteiger partial charge on any atom is 0.328 e. The molecule has 1 rings (SSSR count). The smallest absolute Gasteiger partial charge is 0.328 e. The van der Waals surface area contributed by atoms with Crippen LogP contribution in [-0.4, -0.2) is 39.8 Å². The number of aliphatic hydroxyl groups is 1. The fourth-order valence-electron chi connectivity index (χ4n) is 1.11. The van der Waals surface area contributed by atoms with Gasteiger partial charge >= 0.3 is 5.97 Å². The number of carboxylic acids is 1. The third-order valence-electron chi connectivity index (χ3n) is 1.99. The monoisotopic (exact) mass is 303 g/mol. The van der Waals surface area contributed by atoms with Gasteiger partial charge in [-0.3, -0.25) is 4.79 Å². The molecular formula is C10H10BrNO5. The number of carbonyl (C=O) groups excluding carboxylic acids is 1. The summed E-state index contributed by atoms with van der Waals surface area (Å²) in [4.78, 5) is 22.2. The van der Waals surface area contributed by atoms with Crippen LogP contribution in [0.4, 0.5) is 0 Å². The summed E-state index contributed by atoms with van der Waals surface area (Å²) < 4.78 is 0.566. The van der Waals surface area contributed by atoms with E-state index in [4.69, 9.17) is 10.2 Å². The molecule has 0 fully saturated rings. The number of hydrogen-bond acceptors (Lipinski definition) is 4. The molecule has 0 bridgehead atoms. The van der Waals surface area contributed by atoms with Crippen LogP contribution >= 0.6 is 15.9 Å². The summed E-state index contributed by atoms with van der Waals surface area (Å²) in [5, 5.41) is 28.9. The molecule has 0 saturated heterocycles. The van der Waals surface area contributed by atoms with Crippen molar-refractivity contribution in [1.29, 1.82) is 0 Å². The predicted molar refractivity (Wildman–Crippen MR) is 61.8 cm³/mol. The van der Waals surface area contributed by atoms with E-state index < -0.39 is 24.5 Å². The van der Waals surface area contributed by atoms with Gasteiger partial charge < -0.3 is 20.6 Å². The average Bonchev–Trinajstić information content (AvgIpc) is 2.28. The Bertz CT molecular complexity index is 448. The van der Waals surface area contributed by atoms with Gasteiger partial charge in [-0.1, -0.05) is 15.9 Å². The Morgan fingerprint density at radius 2 is 2.06 bits per heavy atom. The number of nitrogens with one attached hydrogen (secondary N) is 1. The Balaban J connectivity index is 2.89. The number of hydrogen-bond donors (Lipinski definition) is 4. The van der Waals surface area contributed by atoms with Crippen molar-refractivity contribution in [2.75, 3.05) is 6.61 Å². The molecule has 4 N–H and O–H groups in total. The van der Waals surface area contributed by atoms with Gasteiger partial charge in [-0.25, -0.2) is 4.79 Å². The Morgan fingerprint density at radius 3 is 2.59 bits per heavy atom. The third kappa shape index (κ3) is 3.43. The standard InChI is InChI=1S/C10H10BrNO5/c11-5-1-2-8(14)6(3-5)9(15)12-7(4-13)10(16)17/h1-3,7,13-14H,4H2,(H,12,15)(H,16,17)/t7-/m0/s1. The van der Waals surface area contributed by atoms with E-state index in [1.807, 2.05) is 0 Å². The number of benzene rings is 1. The topological polar surface area (TPSA) is 107 Å². The maximum absolute atomic E-state index is 11.6. The summed E-state index contributed by atoms with van der Waals surface area (Å²) >= 11 is 3.12. The second-order valence-electron chi connectivity index (χ2n) is 3.21. The molecule has 7 heteroatoms. The van der Waals surface area contributed by atoms with Crippen molar-refractivity contribution in [2.45, 2.75) is 6.04 Å². The predicted octanol–water partition coefficient (Wildman–Crippen LogP) is 0.330. The van der Waals surface area contributed by atoms with E-state index in [1.165, 1.54) is 18.2 Å². The van der Waals surface area contributed by atoms with E-state index in [1.54, 1.807) is 0 Å². The summed E-state index contributed by atoms with van der Waals surface area (Å²) in [6, 6.07) is 2.78. The van der Waals surface area contributed by atoms with E-state index in [-0.39, 0.29) is 11.3 Å². The summed E-state index contributed by atoms with van der Waals surface area (Å²) in [6.07, 6.45) is 0. The van der Waals surface area contributed by atoms with E-state index in [2.05, 4.69) is 21.2 Å². The van der Waals surface area contributed by atoms with E-state index in [0.29, 0.717) is 4.47 Å². The highest BCUT2D eigenvalue weighted by molar-refractivity contribution is 9.10. The van der Waals surface area contributed by atoms with Gasteiger partial charge in [0.25, 0.3) is 5.91 Å². The summed E-state index contributed by atoms with van der Waals surface area (Å²) in [7, 11) is 0. The second-order valence-corrected chi connectivity index (χ2v) is 4.12. The van der Waals surface area contributed by atoms with Gasteiger partial charge in [0.1, 0.15) is 5.75 Å². The Labute approximate surface area is 105 Å². The molecular weight excluding hydrogens is 294 g/mol. The number of carboxylic acid groups (broad SMARTS) is 1. The van der Waals surface area contributed by atoms with Crippen LogP contribution in [-0.2, 0) is 4.79 Å². The van der Waals surface area contributed by atoms with Gasteiger partial charge in [0.05, 0.1) is 12.2 Å². The molecule has 0 unspecified atom stereocenters. The van der Waals surface area contributed by atoms with Crippen LogP contribution in [0.25, 0.3) is 0 Å². The highest BCUT2D eigenvalue weighted by Crippen LogP contribution is 2.21. The number of rotatable bonds is 4. The zero-order valence-electron chi connectivity index (χ0n) is 8.55. The van der Waals surface area contributed by atoms with E-state index in [0.717, 1.165) is 0 Å².